The van der Waals surface area contributed by atoms with Crippen LogP contribution < -0.4 is 4.74 Å². The molecule has 1 aromatic rings. The molecule has 1 aromatic carbocycles. The number of ether oxygens (including phenoxy) is 1. The van der Waals surface area contributed by atoms with Gasteiger partial charge in [0.1, 0.15) is 5.75 Å². The van der Waals surface area contributed by atoms with Crippen molar-refractivity contribution in [1.82, 2.24) is 4.90 Å². The topological polar surface area (TPSA) is 53.3 Å². The van der Waals surface area contributed by atoms with Crippen LogP contribution in [-0.2, 0) is 4.79 Å². The van der Waals surface area contributed by atoms with Gasteiger partial charge in [-0.25, -0.2) is 0 Å². The van der Waals surface area contributed by atoms with Gasteiger partial charge in [0.25, 0.3) is 5.91 Å². The van der Waals surface area contributed by atoms with E-state index in [0.29, 0.717) is 11.3 Å². The molecule has 2 rings (SSSR count). The summed E-state index contributed by atoms with van der Waals surface area (Å²) < 4.78 is 5.73. The number of benzene rings is 1. The first-order chi connectivity index (χ1) is 10.0. The van der Waals surface area contributed by atoms with E-state index in [2.05, 4.69) is 19.9 Å². The lowest BCUT2D eigenvalue weighted by molar-refractivity contribution is -0.144. The second kappa shape index (κ2) is 6.62. The Morgan fingerprint density at radius 1 is 1.38 bits per heavy atom. The normalized spacial score (nSPS) is 23.2. The first kappa shape index (κ1) is 15.4. The van der Waals surface area contributed by atoms with Crippen molar-refractivity contribution in [1.29, 1.82) is 5.26 Å². The molecule has 0 saturated carbocycles. The second-order valence-electron chi connectivity index (χ2n) is 5.77. The number of hydrogen-bond acceptors (Lipinski definition) is 3. The zero-order valence-corrected chi connectivity index (χ0v) is 12.9. The average molecular weight is 286 g/mol. The standard InChI is InChI=1S/C17H22N2O2/c1-12-6-4-7-13(2)19(12)17(20)14(3)21-16-9-5-8-15(10-16)11-18/h5,8-10,12-14H,4,6-7H2,1-3H3. The Labute approximate surface area is 126 Å². The van der Waals surface area contributed by atoms with Gasteiger partial charge in [-0.3, -0.25) is 4.79 Å². The average Bonchev–Trinajstić information content (AvgIpc) is 2.47. The Kier molecular flexibility index (Phi) is 4.85. The van der Waals surface area contributed by atoms with Crippen LogP contribution in [-0.4, -0.2) is 29.0 Å². The summed E-state index contributed by atoms with van der Waals surface area (Å²) in [6.07, 6.45) is 2.73. The molecule has 0 bridgehead atoms. The summed E-state index contributed by atoms with van der Waals surface area (Å²) in [5, 5.41) is 8.90. The van der Waals surface area contributed by atoms with Crippen LogP contribution in [0.1, 0.15) is 45.6 Å². The first-order valence-corrected chi connectivity index (χ1v) is 7.52. The molecule has 0 aliphatic carbocycles. The quantitative estimate of drug-likeness (QED) is 0.858. The van der Waals surface area contributed by atoms with Gasteiger partial charge in [-0.05, 0) is 58.2 Å². The Morgan fingerprint density at radius 3 is 2.67 bits per heavy atom. The van der Waals surface area contributed by atoms with Crippen molar-refractivity contribution in [3.63, 3.8) is 0 Å². The third-order valence-electron chi connectivity index (χ3n) is 4.07. The summed E-state index contributed by atoms with van der Waals surface area (Å²) in [6, 6.07) is 9.50. The van der Waals surface area contributed by atoms with Gasteiger partial charge in [-0.1, -0.05) is 6.07 Å². The van der Waals surface area contributed by atoms with E-state index in [1.54, 1.807) is 31.2 Å². The lowest BCUT2D eigenvalue weighted by atomic mass is 9.97. The van der Waals surface area contributed by atoms with Gasteiger partial charge in [-0.2, -0.15) is 5.26 Å². The molecule has 1 aliphatic rings. The summed E-state index contributed by atoms with van der Waals surface area (Å²) in [5.74, 6) is 0.587. The molecule has 1 saturated heterocycles. The number of nitriles is 1. The number of rotatable bonds is 3. The number of likely N-dealkylation sites (tertiary alicyclic amines) is 1. The number of carbonyl (C=O) groups is 1. The number of amides is 1. The highest BCUT2D eigenvalue weighted by Gasteiger charge is 2.32. The van der Waals surface area contributed by atoms with Crippen molar-refractivity contribution in [2.75, 3.05) is 0 Å². The molecule has 0 spiro atoms. The summed E-state index contributed by atoms with van der Waals surface area (Å²) >= 11 is 0. The molecular formula is C17H22N2O2. The van der Waals surface area contributed by atoms with Crippen LogP contribution in [0, 0.1) is 11.3 Å². The highest BCUT2D eigenvalue weighted by molar-refractivity contribution is 5.81. The number of hydrogen-bond donors (Lipinski definition) is 0. The number of piperidine rings is 1. The number of nitrogens with zero attached hydrogens (tertiary/aromatic N) is 2. The smallest absolute Gasteiger partial charge is 0.263 e. The summed E-state index contributed by atoms with van der Waals surface area (Å²) in [6.45, 7) is 5.96. The summed E-state index contributed by atoms with van der Waals surface area (Å²) in [7, 11) is 0. The molecule has 1 fully saturated rings. The van der Waals surface area contributed by atoms with E-state index >= 15 is 0 Å². The molecule has 1 amide bonds. The van der Waals surface area contributed by atoms with Crippen LogP contribution in [0.3, 0.4) is 0 Å². The largest absolute Gasteiger partial charge is 0.481 e. The van der Waals surface area contributed by atoms with Crippen molar-refractivity contribution in [3.05, 3.63) is 29.8 Å². The Bertz CT molecular complexity index is 540. The molecular weight excluding hydrogens is 264 g/mol. The minimum atomic E-state index is -0.540. The van der Waals surface area contributed by atoms with Gasteiger partial charge in [0.15, 0.2) is 6.10 Å². The van der Waals surface area contributed by atoms with E-state index in [9.17, 15) is 4.79 Å². The fourth-order valence-corrected chi connectivity index (χ4v) is 2.96. The molecule has 1 heterocycles. The van der Waals surface area contributed by atoms with Crippen molar-refractivity contribution < 1.29 is 9.53 Å². The third kappa shape index (κ3) is 3.55. The van der Waals surface area contributed by atoms with Crippen LogP contribution in [0.25, 0.3) is 0 Å². The van der Waals surface area contributed by atoms with Crippen LogP contribution in [0.2, 0.25) is 0 Å². The fraction of sp³-hybridized carbons (Fsp3) is 0.529. The molecule has 0 radical (unpaired) electrons. The molecule has 0 aromatic heterocycles. The summed E-state index contributed by atoms with van der Waals surface area (Å²) in [5.41, 5.74) is 0.534. The zero-order chi connectivity index (χ0) is 15.4. The van der Waals surface area contributed by atoms with Gasteiger partial charge in [0.05, 0.1) is 11.6 Å². The van der Waals surface area contributed by atoms with E-state index in [0.717, 1.165) is 12.8 Å². The zero-order valence-electron chi connectivity index (χ0n) is 12.9. The van der Waals surface area contributed by atoms with E-state index in [1.165, 1.54) is 6.42 Å². The monoisotopic (exact) mass is 286 g/mol. The molecule has 0 N–H and O–H groups in total. The van der Waals surface area contributed by atoms with E-state index in [4.69, 9.17) is 10.00 Å². The van der Waals surface area contributed by atoms with Crippen molar-refractivity contribution in [2.24, 2.45) is 0 Å². The summed E-state index contributed by atoms with van der Waals surface area (Å²) in [4.78, 5) is 14.6. The van der Waals surface area contributed by atoms with E-state index < -0.39 is 6.10 Å². The Morgan fingerprint density at radius 2 is 2.05 bits per heavy atom. The van der Waals surface area contributed by atoms with Crippen LogP contribution >= 0.6 is 0 Å². The predicted molar refractivity (Wildman–Crippen MR) is 80.9 cm³/mol. The van der Waals surface area contributed by atoms with E-state index in [1.807, 2.05) is 4.90 Å². The Hall–Kier alpha value is -2.02. The maximum absolute atomic E-state index is 12.6. The van der Waals surface area contributed by atoms with Gasteiger partial charge in [-0.15, -0.1) is 0 Å². The molecule has 3 atom stereocenters. The highest BCUT2D eigenvalue weighted by Crippen LogP contribution is 2.24. The van der Waals surface area contributed by atoms with Crippen LogP contribution in [0.15, 0.2) is 24.3 Å². The van der Waals surface area contributed by atoms with Crippen LogP contribution in [0.4, 0.5) is 0 Å². The lowest BCUT2D eigenvalue weighted by Gasteiger charge is -2.40. The lowest BCUT2D eigenvalue weighted by Crippen LogP contribution is -2.51. The van der Waals surface area contributed by atoms with Gasteiger partial charge < -0.3 is 9.64 Å². The molecule has 4 heteroatoms. The minimum Gasteiger partial charge on any atom is -0.481 e. The van der Waals surface area contributed by atoms with Crippen molar-refractivity contribution in [2.45, 2.75) is 58.2 Å². The molecule has 1 aliphatic heterocycles. The molecule has 3 unspecified atom stereocenters. The molecule has 4 nitrogen and oxygen atoms in total. The molecule has 21 heavy (non-hydrogen) atoms. The maximum Gasteiger partial charge on any atom is 0.263 e. The minimum absolute atomic E-state index is 0.0251. The molecule has 112 valence electrons. The maximum atomic E-state index is 12.6. The van der Waals surface area contributed by atoms with Crippen molar-refractivity contribution >= 4 is 5.91 Å². The number of carbonyl (C=O) groups excluding carboxylic acids is 1. The second-order valence-corrected chi connectivity index (χ2v) is 5.77. The predicted octanol–water partition coefficient (Wildman–Crippen LogP) is 3.12. The van der Waals surface area contributed by atoms with Gasteiger partial charge >= 0.3 is 0 Å². The Balaban J connectivity index is 2.06. The third-order valence-corrected chi connectivity index (χ3v) is 4.07. The van der Waals surface area contributed by atoms with Crippen LogP contribution in [0.5, 0.6) is 5.75 Å². The SMILES string of the molecule is CC(Oc1cccc(C#N)c1)C(=O)N1C(C)CCCC1C. The van der Waals surface area contributed by atoms with Crippen molar-refractivity contribution in [3.8, 4) is 11.8 Å². The first-order valence-electron chi connectivity index (χ1n) is 7.52. The fourth-order valence-electron chi connectivity index (χ4n) is 2.96. The van der Waals surface area contributed by atoms with Gasteiger partial charge in [0.2, 0.25) is 0 Å². The van der Waals surface area contributed by atoms with E-state index in [-0.39, 0.29) is 18.0 Å². The highest BCUT2D eigenvalue weighted by atomic mass is 16.5. The van der Waals surface area contributed by atoms with Gasteiger partial charge in [0, 0.05) is 12.1 Å².